The van der Waals surface area contributed by atoms with Crippen LogP contribution in [0.15, 0.2) is 25.3 Å². The van der Waals surface area contributed by atoms with E-state index < -0.39 is 32.7 Å². The Morgan fingerprint density at radius 2 is 0.857 bits per heavy atom. The number of hydrogen-bond acceptors (Lipinski definition) is 6. The zero-order valence-corrected chi connectivity index (χ0v) is 26.2. The molecule has 1 atom stereocenters. The molecule has 9 nitrogen and oxygen atoms in total. The Hall–Kier alpha value is -2.33. The molecule has 1 unspecified atom stereocenters. The van der Waals surface area contributed by atoms with Gasteiger partial charge < -0.3 is 10.2 Å². The van der Waals surface area contributed by atoms with Gasteiger partial charge in [-0.3, -0.25) is 23.7 Å². The summed E-state index contributed by atoms with van der Waals surface area (Å²) >= 11 is 0. The summed E-state index contributed by atoms with van der Waals surface area (Å²) in [5.41, 5.74) is -2.09. The van der Waals surface area contributed by atoms with Gasteiger partial charge >= 0.3 is 11.9 Å². The van der Waals surface area contributed by atoms with E-state index in [2.05, 4.69) is 13.2 Å². The van der Waals surface area contributed by atoms with Crippen molar-refractivity contribution in [3.63, 3.8) is 0 Å². The first-order valence-electron chi connectivity index (χ1n) is 15.7. The van der Waals surface area contributed by atoms with E-state index in [1.165, 1.54) is 12.2 Å². The minimum absolute atomic E-state index is 0.0595. The molecule has 0 radical (unpaired) electrons. The summed E-state index contributed by atoms with van der Waals surface area (Å²) in [6, 6.07) is 0. The predicted molar refractivity (Wildman–Crippen MR) is 165 cm³/mol. The minimum atomic E-state index is -5.14. The highest BCUT2D eigenvalue weighted by Crippen LogP contribution is 2.39. The van der Waals surface area contributed by atoms with Crippen LogP contribution in [0.3, 0.4) is 0 Å². The molecule has 0 saturated heterocycles. The molecule has 0 aliphatic carbocycles. The Labute approximate surface area is 253 Å². The van der Waals surface area contributed by atoms with E-state index in [1.807, 2.05) is 0 Å². The Morgan fingerprint density at radius 1 is 0.571 bits per heavy atom. The number of carbonyl (C=O) groups is 4. The van der Waals surface area contributed by atoms with Gasteiger partial charge in [0.25, 0.3) is 10.1 Å². The van der Waals surface area contributed by atoms with Gasteiger partial charge in [0.15, 0.2) is 16.8 Å². The molecule has 0 fully saturated rings. The van der Waals surface area contributed by atoms with Crippen LogP contribution in [0.2, 0.25) is 0 Å². The Bertz CT molecular complexity index is 898. The SMILES string of the molecule is C=CC(=O)CCCCCCCCCCCC(CCCCCCCCCCCC(=O)C=C)(C(=O)O)C(C(=O)O)S(=O)(=O)O. The molecule has 0 bridgehead atoms. The lowest BCUT2D eigenvalue weighted by atomic mass is 9.74. The molecular formula is C32H54O9S. The minimum Gasteiger partial charge on any atom is -0.481 e. The molecule has 0 saturated carbocycles. The summed E-state index contributed by atoms with van der Waals surface area (Å²) in [5.74, 6) is -3.23. The topological polar surface area (TPSA) is 163 Å². The second-order valence-corrected chi connectivity index (χ2v) is 12.9. The fourth-order valence-corrected chi connectivity index (χ4v) is 6.68. The number of carbonyl (C=O) groups excluding carboxylic acids is 2. The standard InChI is InChI=1S/C32H54O9S/c1-3-27(33)23-19-15-11-7-5-9-13-17-21-25-32(31(37)38,29(30(35)36)42(39,40)41)26-22-18-14-10-6-8-12-16-20-24-28(34)4-2/h3-4,29H,1-2,5-26H2,(H,35,36)(H,37,38)(H,39,40,41). The van der Waals surface area contributed by atoms with Crippen molar-refractivity contribution in [3.8, 4) is 0 Å². The van der Waals surface area contributed by atoms with Crippen molar-refractivity contribution in [1.29, 1.82) is 0 Å². The molecule has 0 heterocycles. The fourth-order valence-electron chi connectivity index (χ4n) is 5.52. The second-order valence-electron chi connectivity index (χ2n) is 11.4. The molecule has 0 amide bonds. The summed E-state index contributed by atoms with van der Waals surface area (Å²) in [5, 5.41) is 17.3. The summed E-state index contributed by atoms with van der Waals surface area (Å²) in [6.07, 6.45) is 18.7. The van der Waals surface area contributed by atoms with E-state index in [4.69, 9.17) is 0 Å². The fraction of sp³-hybridized carbons (Fsp3) is 0.750. The van der Waals surface area contributed by atoms with Gasteiger partial charge in [0.1, 0.15) is 0 Å². The van der Waals surface area contributed by atoms with Crippen molar-refractivity contribution in [2.75, 3.05) is 0 Å². The quantitative estimate of drug-likeness (QED) is 0.0422. The van der Waals surface area contributed by atoms with E-state index in [-0.39, 0.29) is 24.4 Å². The van der Waals surface area contributed by atoms with Crippen molar-refractivity contribution >= 4 is 33.6 Å². The summed E-state index contributed by atoms with van der Waals surface area (Å²) in [7, 11) is -5.14. The Morgan fingerprint density at radius 3 is 1.10 bits per heavy atom. The third kappa shape index (κ3) is 17.6. The number of hydrogen-bond donors (Lipinski definition) is 3. The van der Waals surface area contributed by atoms with Gasteiger partial charge in [-0.25, -0.2) is 0 Å². The normalized spacial score (nSPS) is 12.5. The van der Waals surface area contributed by atoms with Crippen molar-refractivity contribution in [2.24, 2.45) is 5.41 Å². The average Bonchev–Trinajstić information content (AvgIpc) is 2.92. The van der Waals surface area contributed by atoms with E-state index in [0.717, 1.165) is 89.9 Å². The van der Waals surface area contributed by atoms with Gasteiger partial charge in [-0.2, -0.15) is 8.42 Å². The first-order valence-corrected chi connectivity index (χ1v) is 17.2. The van der Waals surface area contributed by atoms with Crippen LogP contribution in [0.25, 0.3) is 0 Å². The van der Waals surface area contributed by atoms with Crippen LogP contribution in [0.4, 0.5) is 0 Å². The molecule has 0 rings (SSSR count). The van der Waals surface area contributed by atoms with Gasteiger partial charge in [0.05, 0.1) is 5.41 Å². The van der Waals surface area contributed by atoms with Crippen LogP contribution in [-0.4, -0.2) is 51.9 Å². The van der Waals surface area contributed by atoms with Crippen molar-refractivity contribution in [2.45, 2.75) is 147 Å². The summed E-state index contributed by atoms with van der Waals surface area (Å²) in [6.45, 7) is 6.92. The van der Waals surface area contributed by atoms with Gasteiger partial charge in [-0.1, -0.05) is 116 Å². The number of aliphatic carboxylic acids is 2. The van der Waals surface area contributed by atoms with Crippen LogP contribution < -0.4 is 0 Å². The largest absolute Gasteiger partial charge is 0.481 e. The zero-order chi connectivity index (χ0) is 31.9. The third-order valence-electron chi connectivity index (χ3n) is 8.00. The molecular weight excluding hydrogens is 560 g/mol. The van der Waals surface area contributed by atoms with Crippen LogP contribution in [0.5, 0.6) is 0 Å². The van der Waals surface area contributed by atoms with Gasteiger partial charge in [0, 0.05) is 12.8 Å². The van der Waals surface area contributed by atoms with Crippen molar-refractivity contribution < 1.29 is 42.4 Å². The van der Waals surface area contributed by atoms with Gasteiger partial charge in [0.2, 0.25) is 0 Å². The second kappa shape index (κ2) is 23.2. The van der Waals surface area contributed by atoms with E-state index in [1.54, 1.807) is 0 Å². The monoisotopic (exact) mass is 614 g/mol. The number of unbranched alkanes of at least 4 members (excludes halogenated alkanes) is 16. The number of rotatable bonds is 30. The smallest absolute Gasteiger partial charge is 0.325 e. The molecule has 0 aromatic heterocycles. The van der Waals surface area contributed by atoms with E-state index in [9.17, 15) is 42.4 Å². The van der Waals surface area contributed by atoms with E-state index >= 15 is 0 Å². The molecule has 242 valence electrons. The highest BCUT2D eigenvalue weighted by Gasteiger charge is 2.55. The number of carboxylic acids is 2. The molecule has 0 aliphatic heterocycles. The third-order valence-corrected chi connectivity index (χ3v) is 9.25. The predicted octanol–water partition coefficient (Wildman–Crippen LogP) is 7.49. The lowest BCUT2D eigenvalue weighted by Crippen LogP contribution is -2.51. The number of allylic oxidation sites excluding steroid dienone is 2. The summed E-state index contributed by atoms with van der Waals surface area (Å²) in [4.78, 5) is 46.8. The van der Waals surface area contributed by atoms with Gasteiger partial charge in [-0.15, -0.1) is 0 Å². The first kappa shape index (κ1) is 39.7. The molecule has 42 heavy (non-hydrogen) atoms. The van der Waals surface area contributed by atoms with Crippen molar-refractivity contribution in [1.82, 2.24) is 0 Å². The highest BCUT2D eigenvalue weighted by molar-refractivity contribution is 7.87. The molecule has 10 heteroatoms. The van der Waals surface area contributed by atoms with Crippen molar-refractivity contribution in [3.05, 3.63) is 25.3 Å². The Kier molecular flexibility index (Phi) is 21.9. The molecule has 0 aromatic rings. The van der Waals surface area contributed by atoms with Crippen LogP contribution in [0.1, 0.15) is 141 Å². The Balaban J connectivity index is 4.68. The van der Waals surface area contributed by atoms with E-state index in [0.29, 0.717) is 38.5 Å². The molecule has 0 spiro atoms. The number of carboxylic acid groups (broad SMARTS) is 2. The van der Waals surface area contributed by atoms with Gasteiger partial charge in [-0.05, 0) is 37.8 Å². The zero-order valence-electron chi connectivity index (χ0n) is 25.4. The van der Waals surface area contributed by atoms with Crippen LogP contribution in [0, 0.1) is 5.41 Å². The molecule has 0 aromatic carbocycles. The maximum absolute atomic E-state index is 12.4. The maximum Gasteiger partial charge on any atom is 0.325 e. The first-order chi connectivity index (χ1) is 19.9. The average molecular weight is 615 g/mol. The molecule has 3 N–H and O–H groups in total. The van der Waals surface area contributed by atoms with Crippen LogP contribution >= 0.6 is 0 Å². The highest BCUT2D eigenvalue weighted by atomic mass is 32.2. The van der Waals surface area contributed by atoms with Crippen LogP contribution in [-0.2, 0) is 29.3 Å². The lowest BCUT2D eigenvalue weighted by molar-refractivity contribution is -0.156. The lowest BCUT2D eigenvalue weighted by Gasteiger charge is -2.33. The number of ketones is 2. The summed E-state index contributed by atoms with van der Waals surface area (Å²) < 4.78 is 33.8. The molecule has 0 aliphatic rings. The maximum atomic E-state index is 12.4.